The number of benzene rings is 1. The van der Waals surface area contributed by atoms with E-state index >= 15 is 0 Å². The van der Waals surface area contributed by atoms with Crippen molar-refractivity contribution in [3.8, 4) is 0 Å². The lowest BCUT2D eigenvalue weighted by Crippen LogP contribution is -2.06. The Bertz CT molecular complexity index is 501. The van der Waals surface area contributed by atoms with Crippen LogP contribution in [-0.2, 0) is 4.74 Å². The molecule has 0 fully saturated rings. The first-order chi connectivity index (χ1) is 12.6. The lowest BCUT2D eigenvalue weighted by molar-refractivity contribution is 0.0497. The number of hydrogen-bond acceptors (Lipinski definition) is 2. The van der Waals surface area contributed by atoms with Crippen LogP contribution in [0.4, 0.5) is 0 Å². The van der Waals surface area contributed by atoms with Crippen LogP contribution in [0.1, 0.15) is 107 Å². The molecule has 0 unspecified atom stereocenters. The summed E-state index contributed by atoms with van der Waals surface area (Å²) < 4.78 is 5.36. The Labute approximate surface area is 161 Å². The van der Waals surface area contributed by atoms with Gasteiger partial charge in [-0.15, -0.1) is 0 Å². The molecular weight excluding hydrogens is 320 g/mol. The molecular formula is C24H38O2. The number of unbranched alkanes of at least 4 members (excludes halogenated alkanes) is 11. The van der Waals surface area contributed by atoms with Crippen LogP contribution in [0.15, 0.2) is 30.8 Å². The quantitative estimate of drug-likeness (QED) is 0.238. The Morgan fingerprint density at radius 3 is 1.65 bits per heavy atom. The number of esters is 1. The fraction of sp³-hybridized carbons (Fsp3) is 0.625. The SMILES string of the molecule is C=C(C)c1ccc(C(=O)OCCCCCCCCCCCCCC)cc1. The molecule has 0 amide bonds. The molecule has 0 aliphatic carbocycles. The van der Waals surface area contributed by atoms with Crippen LogP contribution in [-0.4, -0.2) is 12.6 Å². The maximum Gasteiger partial charge on any atom is 0.338 e. The summed E-state index contributed by atoms with van der Waals surface area (Å²) in [5.74, 6) is -0.221. The average molecular weight is 359 g/mol. The molecule has 0 atom stereocenters. The van der Waals surface area contributed by atoms with E-state index in [4.69, 9.17) is 4.74 Å². The van der Waals surface area contributed by atoms with Crippen molar-refractivity contribution in [2.45, 2.75) is 90.9 Å². The van der Waals surface area contributed by atoms with Gasteiger partial charge in [0.25, 0.3) is 0 Å². The van der Waals surface area contributed by atoms with Gasteiger partial charge in [0, 0.05) is 0 Å². The van der Waals surface area contributed by atoms with Crippen molar-refractivity contribution in [2.75, 3.05) is 6.61 Å². The third-order valence-electron chi connectivity index (χ3n) is 4.84. The summed E-state index contributed by atoms with van der Waals surface area (Å²) in [5, 5.41) is 0. The summed E-state index contributed by atoms with van der Waals surface area (Å²) in [6.45, 7) is 8.65. The minimum Gasteiger partial charge on any atom is -0.462 e. The van der Waals surface area contributed by atoms with Gasteiger partial charge in [-0.1, -0.05) is 102 Å². The zero-order valence-corrected chi connectivity index (χ0v) is 17.0. The standard InChI is InChI=1S/C24H38O2/c1-4-5-6-7-8-9-10-11-12-13-14-15-20-26-24(25)23-18-16-22(17-19-23)21(2)3/h16-19H,2,4-15,20H2,1,3H3. The van der Waals surface area contributed by atoms with E-state index in [-0.39, 0.29) is 5.97 Å². The molecule has 1 aromatic carbocycles. The molecule has 0 aromatic heterocycles. The molecule has 0 spiro atoms. The van der Waals surface area contributed by atoms with Crippen LogP contribution in [0.25, 0.3) is 5.57 Å². The Hall–Kier alpha value is -1.57. The highest BCUT2D eigenvalue weighted by atomic mass is 16.5. The number of ether oxygens (including phenoxy) is 1. The molecule has 0 bridgehead atoms. The summed E-state index contributed by atoms with van der Waals surface area (Å²) in [4.78, 5) is 12.0. The van der Waals surface area contributed by atoms with Crippen molar-refractivity contribution in [1.29, 1.82) is 0 Å². The minimum atomic E-state index is -0.221. The molecule has 2 heteroatoms. The van der Waals surface area contributed by atoms with Gasteiger partial charge in [-0.2, -0.15) is 0 Å². The van der Waals surface area contributed by atoms with Crippen molar-refractivity contribution in [1.82, 2.24) is 0 Å². The van der Waals surface area contributed by atoms with Crippen LogP contribution in [0.2, 0.25) is 0 Å². The second-order valence-corrected chi connectivity index (χ2v) is 7.38. The van der Waals surface area contributed by atoms with Crippen LogP contribution in [0.5, 0.6) is 0 Å². The summed E-state index contributed by atoms with van der Waals surface area (Å²) >= 11 is 0. The molecule has 2 nitrogen and oxygen atoms in total. The highest BCUT2D eigenvalue weighted by molar-refractivity contribution is 5.89. The van der Waals surface area contributed by atoms with Crippen molar-refractivity contribution in [3.63, 3.8) is 0 Å². The zero-order valence-electron chi connectivity index (χ0n) is 17.0. The molecule has 0 radical (unpaired) electrons. The maximum atomic E-state index is 12.0. The predicted molar refractivity (Wildman–Crippen MR) is 113 cm³/mol. The lowest BCUT2D eigenvalue weighted by Gasteiger charge is -2.06. The Morgan fingerprint density at radius 2 is 1.19 bits per heavy atom. The first-order valence-electron chi connectivity index (χ1n) is 10.6. The monoisotopic (exact) mass is 358 g/mol. The van der Waals surface area contributed by atoms with Gasteiger partial charge in [-0.3, -0.25) is 0 Å². The molecule has 0 heterocycles. The van der Waals surface area contributed by atoms with E-state index < -0.39 is 0 Å². The molecule has 26 heavy (non-hydrogen) atoms. The number of allylic oxidation sites excluding steroid dienone is 1. The van der Waals surface area contributed by atoms with Gasteiger partial charge in [-0.05, 0) is 31.0 Å². The summed E-state index contributed by atoms with van der Waals surface area (Å²) in [6, 6.07) is 7.47. The van der Waals surface area contributed by atoms with Gasteiger partial charge in [0.2, 0.25) is 0 Å². The molecule has 1 rings (SSSR count). The molecule has 0 aliphatic heterocycles. The summed E-state index contributed by atoms with van der Waals surface area (Å²) in [7, 11) is 0. The number of carbonyl (C=O) groups is 1. The van der Waals surface area contributed by atoms with E-state index in [1.807, 2.05) is 31.2 Å². The normalized spacial score (nSPS) is 10.7. The van der Waals surface area contributed by atoms with Crippen LogP contribution in [0, 0.1) is 0 Å². The first-order valence-corrected chi connectivity index (χ1v) is 10.6. The summed E-state index contributed by atoms with van der Waals surface area (Å²) in [5.41, 5.74) is 2.68. The van der Waals surface area contributed by atoms with E-state index in [9.17, 15) is 4.79 Å². The highest BCUT2D eigenvalue weighted by Gasteiger charge is 2.06. The Morgan fingerprint density at radius 1 is 0.769 bits per heavy atom. The minimum absolute atomic E-state index is 0.221. The molecule has 0 saturated heterocycles. The molecule has 0 saturated carbocycles. The van der Waals surface area contributed by atoms with Gasteiger partial charge < -0.3 is 4.74 Å². The second-order valence-electron chi connectivity index (χ2n) is 7.38. The second kappa shape index (κ2) is 14.6. The lowest BCUT2D eigenvalue weighted by atomic mass is 10.1. The predicted octanol–water partition coefficient (Wildman–Crippen LogP) is 7.58. The highest BCUT2D eigenvalue weighted by Crippen LogP contribution is 2.14. The Kier molecular flexibility index (Phi) is 12.6. The molecule has 146 valence electrons. The van der Waals surface area contributed by atoms with Crippen LogP contribution in [0.3, 0.4) is 0 Å². The van der Waals surface area contributed by atoms with Crippen LogP contribution < -0.4 is 0 Å². The number of hydrogen-bond donors (Lipinski definition) is 0. The Balaban J connectivity index is 1.95. The first kappa shape index (κ1) is 22.5. The van der Waals surface area contributed by atoms with E-state index in [1.165, 1.54) is 64.2 Å². The smallest absolute Gasteiger partial charge is 0.338 e. The summed E-state index contributed by atoms with van der Waals surface area (Å²) in [6.07, 6.45) is 15.7. The van der Waals surface area contributed by atoms with Gasteiger partial charge in [0.05, 0.1) is 12.2 Å². The van der Waals surface area contributed by atoms with E-state index in [0.717, 1.165) is 24.0 Å². The van der Waals surface area contributed by atoms with Gasteiger partial charge in [-0.25, -0.2) is 4.79 Å². The van der Waals surface area contributed by atoms with E-state index in [1.54, 1.807) is 0 Å². The average Bonchev–Trinajstić information content (AvgIpc) is 2.65. The largest absolute Gasteiger partial charge is 0.462 e. The fourth-order valence-electron chi connectivity index (χ4n) is 3.08. The number of carbonyl (C=O) groups excluding carboxylic acids is 1. The van der Waals surface area contributed by atoms with E-state index in [2.05, 4.69) is 13.5 Å². The molecule has 1 aromatic rings. The molecule has 0 aliphatic rings. The third kappa shape index (κ3) is 10.4. The van der Waals surface area contributed by atoms with E-state index in [0.29, 0.717) is 12.2 Å². The van der Waals surface area contributed by atoms with Gasteiger partial charge in [0.1, 0.15) is 0 Å². The zero-order chi connectivity index (χ0) is 19.0. The van der Waals surface area contributed by atoms with Crippen molar-refractivity contribution < 1.29 is 9.53 Å². The fourth-order valence-corrected chi connectivity index (χ4v) is 3.08. The van der Waals surface area contributed by atoms with Crippen molar-refractivity contribution in [3.05, 3.63) is 42.0 Å². The van der Waals surface area contributed by atoms with Crippen molar-refractivity contribution >= 4 is 11.5 Å². The topological polar surface area (TPSA) is 26.3 Å². The van der Waals surface area contributed by atoms with Crippen LogP contribution >= 0.6 is 0 Å². The third-order valence-corrected chi connectivity index (χ3v) is 4.84. The molecule has 0 N–H and O–H groups in total. The van der Waals surface area contributed by atoms with Gasteiger partial charge >= 0.3 is 5.97 Å². The van der Waals surface area contributed by atoms with Crippen molar-refractivity contribution in [2.24, 2.45) is 0 Å². The number of rotatable bonds is 15. The van der Waals surface area contributed by atoms with Gasteiger partial charge in [0.15, 0.2) is 0 Å². The maximum absolute atomic E-state index is 12.0.